The van der Waals surface area contributed by atoms with E-state index in [4.69, 9.17) is 15.2 Å². The average molecular weight is 188 g/mol. The van der Waals surface area contributed by atoms with Crippen molar-refractivity contribution in [1.82, 2.24) is 4.90 Å². The van der Waals surface area contributed by atoms with Crippen molar-refractivity contribution in [2.75, 3.05) is 46.0 Å². The van der Waals surface area contributed by atoms with Crippen LogP contribution >= 0.6 is 0 Å². The van der Waals surface area contributed by atoms with E-state index in [1.807, 2.05) is 0 Å². The van der Waals surface area contributed by atoms with Crippen LogP contribution in [-0.4, -0.2) is 57.0 Å². The molecule has 1 atom stereocenters. The van der Waals surface area contributed by atoms with Crippen molar-refractivity contribution in [1.29, 1.82) is 0 Å². The van der Waals surface area contributed by atoms with Gasteiger partial charge in [-0.15, -0.1) is 0 Å². The molecule has 4 heteroatoms. The molecule has 1 saturated heterocycles. The molecule has 1 unspecified atom stereocenters. The molecule has 0 aromatic rings. The Morgan fingerprint density at radius 3 is 3.15 bits per heavy atom. The summed E-state index contributed by atoms with van der Waals surface area (Å²) in [6.07, 6.45) is 0.236. The van der Waals surface area contributed by atoms with Gasteiger partial charge in [0.05, 0.1) is 25.9 Å². The summed E-state index contributed by atoms with van der Waals surface area (Å²) in [6.45, 7) is 8.01. The average Bonchev–Trinajstić information content (AvgIpc) is 2.19. The molecular weight excluding hydrogens is 168 g/mol. The first-order valence-electron chi connectivity index (χ1n) is 4.98. The van der Waals surface area contributed by atoms with Gasteiger partial charge in [0, 0.05) is 19.6 Å². The molecule has 0 radical (unpaired) electrons. The van der Waals surface area contributed by atoms with Gasteiger partial charge in [0.25, 0.3) is 0 Å². The van der Waals surface area contributed by atoms with Crippen LogP contribution in [0, 0.1) is 0 Å². The monoisotopic (exact) mass is 188 g/mol. The van der Waals surface area contributed by atoms with Crippen LogP contribution in [0.5, 0.6) is 0 Å². The van der Waals surface area contributed by atoms with Gasteiger partial charge in [-0.25, -0.2) is 0 Å². The lowest BCUT2D eigenvalue weighted by molar-refractivity contribution is -0.0668. The van der Waals surface area contributed by atoms with Crippen molar-refractivity contribution in [3.05, 3.63) is 0 Å². The highest BCUT2D eigenvalue weighted by molar-refractivity contribution is 4.69. The second-order valence-electron chi connectivity index (χ2n) is 3.25. The molecule has 78 valence electrons. The number of hydrogen-bond acceptors (Lipinski definition) is 4. The molecule has 0 spiro atoms. The van der Waals surface area contributed by atoms with Gasteiger partial charge < -0.3 is 15.2 Å². The molecular formula is C9H20N2O2. The number of rotatable bonds is 5. The molecule has 1 rings (SSSR count). The molecule has 0 bridgehead atoms. The minimum atomic E-state index is 0.236. The predicted molar refractivity (Wildman–Crippen MR) is 51.7 cm³/mol. The highest BCUT2D eigenvalue weighted by Crippen LogP contribution is 2.04. The molecule has 0 aliphatic carbocycles. The van der Waals surface area contributed by atoms with E-state index in [1.165, 1.54) is 0 Å². The van der Waals surface area contributed by atoms with E-state index in [0.29, 0.717) is 19.8 Å². The molecule has 0 aromatic heterocycles. The number of morpholine rings is 1. The zero-order valence-electron chi connectivity index (χ0n) is 8.37. The minimum absolute atomic E-state index is 0.236. The second kappa shape index (κ2) is 6.32. The summed E-state index contributed by atoms with van der Waals surface area (Å²) in [6, 6.07) is 0. The van der Waals surface area contributed by atoms with Crippen LogP contribution in [0.4, 0.5) is 0 Å². The normalized spacial score (nSPS) is 24.9. The summed E-state index contributed by atoms with van der Waals surface area (Å²) in [5.74, 6) is 0. The van der Waals surface area contributed by atoms with Crippen molar-refractivity contribution < 1.29 is 9.47 Å². The number of nitrogens with zero attached hydrogens (tertiary/aromatic N) is 1. The van der Waals surface area contributed by atoms with Crippen molar-refractivity contribution in [2.24, 2.45) is 5.73 Å². The smallest absolute Gasteiger partial charge is 0.0935 e. The van der Waals surface area contributed by atoms with Crippen molar-refractivity contribution in [3.8, 4) is 0 Å². The molecule has 0 amide bonds. The van der Waals surface area contributed by atoms with Crippen LogP contribution in [0.25, 0.3) is 0 Å². The number of ether oxygens (including phenoxy) is 2. The fraction of sp³-hybridized carbons (Fsp3) is 1.00. The van der Waals surface area contributed by atoms with E-state index in [-0.39, 0.29) is 6.10 Å². The maximum atomic E-state index is 5.55. The quantitative estimate of drug-likeness (QED) is 0.601. The third-order valence-corrected chi connectivity index (χ3v) is 2.24. The first-order chi connectivity index (χ1) is 6.36. The van der Waals surface area contributed by atoms with E-state index in [1.54, 1.807) is 0 Å². The van der Waals surface area contributed by atoms with E-state index < -0.39 is 0 Å². The van der Waals surface area contributed by atoms with Crippen LogP contribution in [0.2, 0.25) is 0 Å². The van der Waals surface area contributed by atoms with Gasteiger partial charge in [0.2, 0.25) is 0 Å². The molecule has 4 nitrogen and oxygen atoms in total. The van der Waals surface area contributed by atoms with E-state index >= 15 is 0 Å². The summed E-state index contributed by atoms with van der Waals surface area (Å²) in [7, 11) is 0. The maximum absolute atomic E-state index is 5.55. The Bertz CT molecular complexity index is 133. The fourth-order valence-corrected chi connectivity index (χ4v) is 1.47. The molecule has 1 aliphatic rings. The zero-order chi connectivity index (χ0) is 9.52. The van der Waals surface area contributed by atoms with Gasteiger partial charge in [0.15, 0.2) is 0 Å². The summed E-state index contributed by atoms with van der Waals surface area (Å²) in [5, 5.41) is 0. The van der Waals surface area contributed by atoms with Gasteiger partial charge >= 0.3 is 0 Å². The van der Waals surface area contributed by atoms with Gasteiger partial charge in [-0.2, -0.15) is 0 Å². The van der Waals surface area contributed by atoms with Gasteiger partial charge in [0.1, 0.15) is 0 Å². The van der Waals surface area contributed by atoms with E-state index in [0.717, 1.165) is 26.2 Å². The number of nitrogens with two attached hydrogens (primary N) is 1. The number of hydrogen-bond donors (Lipinski definition) is 1. The Morgan fingerprint density at radius 2 is 2.46 bits per heavy atom. The Kier molecular flexibility index (Phi) is 5.31. The van der Waals surface area contributed by atoms with Crippen LogP contribution in [0.1, 0.15) is 6.92 Å². The molecule has 13 heavy (non-hydrogen) atoms. The third-order valence-electron chi connectivity index (χ3n) is 2.24. The lowest BCUT2D eigenvalue weighted by Gasteiger charge is -2.31. The molecule has 2 N–H and O–H groups in total. The summed E-state index contributed by atoms with van der Waals surface area (Å²) in [4.78, 5) is 2.37. The number of likely N-dealkylation sites (N-methyl/N-ethyl adjacent to an activating group) is 1. The molecule has 1 fully saturated rings. The first kappa shape index (κ1) is 10.9. The van der Waals surface area contributed by atoms with Gasteiger partial charge in [-0.05, 0) is 6.54 Å². The van der Waals surface area contributed by atoms with Crippen molar-refractivity contribution >= 4 is 0 Å². The minimum Gasteiger partial charge on any atom is -0.377 e. The Morgan fingerprint density at radius 1 is 1.62 bits per heavy atom. The van der Waals surface area contributed by atoms with Gasteiger partial charge in [-0.1, -0.05) is 6.92 Å². The molecule has 1 aliphatic heterocycles. The largest absolute Gasteiger partial charge is 0.377 e. The summed E-state index contributed by atoms with van der Waals surface area (Å²) >= 11 is 0. The standard InChI is InChI=1S/C9H20N2O2/c1-2-11-4-6-13-9(7-11)8-12-5-3-10/h9H,2-8,10H2,1H3. The first-order valence-corrected chi connectivity index (χ1v) is 4.98. The molecule has 1 heterocycles. The highest BCUT2D eigenvalue weighted by atomic mass is 16.5. The summed E-state index contributed by atoms with van der Waals surface area (Å²) < 4.78 is 10.9. The third kappa shape index (κ3) is 4.04. The Hall–Kier alpha value is -0.160. The molecule has 0 aromatic carbocycles. The topological polar surface area (TPSA) is 47.7 Å². The zero-order valence-corrected chi connectivity index (χ0v) is 8.37. The lowest BCUT2D eigenvalue weighted by Crippen LogP contribution is -2.44. The molecule has 0 saturated carbocycles. The predicted octanol–water partition coefficient (Wildman–Crippen LogP) is -0.318. The van der Waals surface area contributed by atoms with Crippen LogP contribution < -0.4 is 5.73 Å². The van der Waals surface area contributed by atoms with Crippen molar-refractivity contribution in [3.63, 3.8) is 0 Å². The van der Waals surface area contributed by atoms with Crippen LogP contribution in [0.15, 0.2) is 0 Å². The highest BCUT2D eigenvalue weighted by Gasteiger charge is 2.18. The second-order valence-corrected chi connectivity index (χ2v) is 3.25. The van der Waals surface area contributed by atoms with Gasteiger partial charge in [-0.3, -0.25) is 4.90 Å². The van der Waals surface area contributed by atoms with E-state index in [2.05, 4.69) is 11.8 Å². The summed E-state index contributed by atoms with van der Waals surface area (Å²) in [5.41, 5.74) is 5.32. The van der Waals surface area contributed by atoms with E-state index in [9.17, 15) is 0 Å². The fourth-order valence-electron chi connectivity index (χ4n) is 1.47. The Labute approximate surface area is 80.0 Å². The van der Waals surface area contributed by atoms with Crippen LogP contribution in [-0.2, 0) is 9.47 Å². The van der Waals surface area contributed by atoms with Crippen LogP contribution in [0.3, 0.4) is 0 Å². The maximum Gasteiger partial charge on any atom is 0.0935 e. The SMILES string of the molecule is CCN1CCOC(COCCN)C1. The lowest BCUT2D eigenvalue weighted by atomic mass is 10.3. The van der Waals surface area contributed by atoms with Crippen molar-refractivity contribution in [2.45, 2.75) is 13.0 Å². The Balaban J connectivity index is 2.11.